The van der Waals surface area contributed by atoms with Crippen molar-refractivity contribution in [1.29, 1.82) is 0 Å². The molecule has 0 aliphatic carbocycles. The number of hydrogen-bond acceptors (Lipinski definition) is 6. The number of nitrogens with zero attached hydrogens (tertiary/aromatic N) is 2. The highest BCUT2D eigenvalue weighted by molar-refractivity contribution is 8.03. The van der Waals surface area contributed by atoms with Crippen molar-refractivity contribution in [3.05, 3.63) is 35.9 Å². The summed E-state index contributed by atoms with van der Waals surface area (Å²) in [7, 11) is 0. The first-order chi connectivity index (χ1) is 8.70. The standard InChI is InChI=1S/C11H10N2O2S3/c1-16-10-12-13-11(18-10)17-8(9(14)15)7-5-3-2-4-6-7/h2-6,8H,1H3,(H,14,15). The second-order valence-corrected chi connectivity index (χ2v) is 6.67. The summed E-state index contributed by atoms with van der Waals surface area (Å²) in [6.07, 6.45) is 1.92. The van der Waals surface area contributed by atoms with Crippen LogP contribution in [0.1, 0.15) is 10.8 Å². The number of thioether (sulfide) groups is 2. The summed E-state index contributed by atoms with van der Waals surface area (Å²) in [4.78, 5) is 11.3. The van der Waals surface area contributed by atoms with Crippen molar-refractivity contribution in [2.75, 3.05) is 6.26 Å². The Morgan fingerprint density at radius 1 is 1.28 bits per heavy atom. The van der Waals surface area contributed by atoms with Gasteiger partial charge in [0.25, 0.3) is 0 Å². The van der Waals surface area contributed by atoms with E-state index in [-0.39, 0.29) is 0 Å². The largest absolute Gasteiger partial charge is 0.480 e. The molecule has 0 saturated heterocycles. The molecule has 18 heavy (non-hydrogen) atoms. The maximum Gasteiger partial charge on any atom is 0.321 e. The number of carbonyl (C=O) groups is 1. The quantitative estimate of drug-likeness (QED) is 0.855. The highest BCUT2D eigenvalue weighted by Gasteiger charge is 2.22. The summed E-state index contributed by atoms with van der Waals surface area (Å²) < 4.78 is 1.52. The fraction of sp³-hybridized carbons (Fsp3) is 0.182. The number of benzene rings is 1. The van der Waals surface area contributed by atoms with E-state index < -0.39 is 11.2 Å². The van der Waals surface area contributed by atoms with Crippen LogP contribution in [0.15, 0.2) is 39.0 Å². The third-order valence-electron chi connectivity index (χ3n) is 2.11. The summed E-state index contributed by atoms with van der Waals surface area (Å²) in [5.41, 5.74) is 0.760. The van der Waals surface area contributed by atoms with Gasteiger partial charge in [-0.1, -0.05) is 65.2 Å². The lowest BCUT2D eigenvalue weighted by molar-refractivity contribution is -0.136. The van der Waals surface area contributed by atoms with Crippen molar-refractivity contribution >= 4 is 40.8 Å². The van der Waals surface area contributed by atoms with Gasteiger partial charge in [0, 0.05) is 0 Å². The van der Waals surface area contributed by atoms with E-state index in [1.54, 1.807) is 0 Å². The Labute approximate surface area is 117 Å². The Bertz CT molecular complexity index is 530. The number of carboxylic acid groups (broad SMARTS) is 1. The molecule has 7 heteroatoms. The van der Waals surface area contributed by atoms with Gasteiger partial charge in [-0.05, 0) is 11.8 Å². The van der Waals surface area contributed by atoms with E-state index in [2.05, 4.69) is 10.2 Å². The van der Waals surface area contributed by atoms with Crippen LogP contribution in [0, 0.1) is 0 Å². The fourth-order valence-corrected chi connectivity index (χ4v) is 3.88. The van der Waals surface area contributed by atoms with Gasteiger partial charge in [0.1, 0.15) is 5.25 Å². The van der Waals surface area contributed by atoms with Crippen LogP contribution in [0.5, 0.6) is 0 Å². The first-order valence-corrected chi connectivity index (χ1v) is 7.94. The predicted molar refractivity (Wildman–Crippen MR) is 74.4 cm³/mol. The van der Waals surface area contributed by atoms with Gasteiger partial charge >= 0.3 is 5.97 Å². The van der Waals surface area contributed by atoms with E-state index in [1.165, 1.54) is 34.9 Å². The fourth-order valence-electron chi connectivity index (χ4n) is 1.32. The molecule has 0 bridgehead atoms. The van der Waals surface area contributed by atoms with Crippen LogP contribution in [0.2, 0.25) is 0 Å². The minimum absolute atomic E-state index is 0.645. The number of carboxylic acids is 1. The summed E-state index contributed by atoms with van der Waals surface area (Å²) in [5, 5.41) is 16.6. The molecule has 1 N–H and O–H groups in total. The van der Waals surface area contributed by atoms with Crippen LogP contribution < -0.4 is 0 Å². The van der Waals surface area contributed by atoms with Gasteiger partial charge in [0.2, 0.25) is 0 Å². The molecule has 1 aromatic carbocycles. The molecule has 0 radical (unpaired) electrons. The number of rotatable bonds is 5. The average molecular weight is 298 g/mol. The predicted octanol–water partition coefficient (Wildman–Crippen LogP) is 3.18. The van der Waals surface area contributed by atoms with Crippen LogP contribution in [-0.4, -0.2) is 27.5 Å². The van der Waals surface area contributed by atoms with Crippen molar-refractivity contribution < 1.29 is 9.90 Å². The third kappa shape index (κ3) is 3.24. The summed E-state index contributed by atoms with van der Waals surface area (Å²) in [6, 6.07) is 9.15. The van der Waals surface area contributed by atoms with E-state index in [4.69, 9.17) is 0 Å². The Hall–Kier alpha value is -1.05. The van der Waals surface area contributed by atoms with Crippen molar-refractivity contribution in [3.63, 3.8) is 0 Å². The lowest BCUT2D eigenvalue weighted by atomic mass is 10.1. The molecule has 0 amide bonds. The molecule has 1 heterocycles. The van der Waals surface area contributed by atoms with E-state index in [0.717, 1.165) is 9.90 Å². The molecular weight excluding hydrogens is 288 g/mol. The van der Waals surface area contributed by atoms with Gasteiger partial charge in [-0.15, -0.1) is 10.2 Å². The molecule has 0 fully saturated rings. The van der Waals surface area contributed by atoms with Crippen molar-refractivity contribution in [3.8, 4) is 0 Å². The van der Waals surface area contributed by atoms with Crippen LogP contribution in [-0.2, 0) is 4.79 Å². The minimum atomic E-state index is -0.868. The highest BCUT2D eigenvalue weighted by atomic mass is 32.2. The van der Waals surface area contributed by atoms with Crippen LogP contribution in [0.4, 0.5) is 0 Å². The molecular formula is C11H10N2O2S3. The normalized spacial score (nSPS) is 12.3. The monoisotopic (exact) mass is 298 g/mol. The molecule has 4 nitrogen and oxygen atoms in total. The van der Waals surface area contributed by atoms with E-state index in [9.17, 15) is 9.90 Å². The van der Waals surface area contributed by atoms with E-state index >= 15 is 0 Å². The van der Waals surface area contributed by atoms with Crippen LogP contribution in [0.3, 0.4) is 0 Å². The molecule has 1 unspecified atom stereocenters. The molecule has 0 aliphatic rings. The molecule has 94 valence electrons. The van der Waals surface area contributed by atoms with Gasteiger partial charge in [-0.25, -0.2) is 0 Å². The maximum absolute atomic E-state index is 11.3. The topological polar surface area (TPSA) is 63.1 Å². The Morgan fingerprint density at radius 3 is 2.50 bits per heavy atom. The zero-order valence-electron chi connectivity index (χ0n) is 9.44. The Morgan fingerprint density at radius 2 is 1.94 bits per heavy atom. The van der Waals surface area contributed by atoms with Gasteiger partial charge in [0.05, 0.1) is 0 Å². The van der Waals surface area contributed by atoms with E-state index in [1.807, 2.05) is 36.6 Å². The minimum Gasteiger partial charge on any atom is -0.480 e. The van der Waals surface area contributed by atoms with E-state index in [0.29, 0.717) is 4.34 Å². The first-order valence-electron chi connectivity index (χ1n) is 5.02. The number of aromatic nitrogens is 2. The lowest BCUT2D eigenvalue weighted by Crippen LogP contribution is -2.07. The molecule has 1 aromatic heterocycles. The van der Waals surface area contributed by atoms with Gasteiger partial charge < -0.3 is 5.11 Å². The zero-order valence-corrected chi connectivity index (χ0v) is 11.9. The summed E-state index contributed by atoms with van der Waals surface area (Å²) in [5.74, 6) is -0.868. The SMILES string of the molecule is CSc1nnc(SC(C(=O)O)c2ccccc2)s1. The zero-order chi connectivity index (χ0) is 13.0. The van der Waals surface area contributed by atoms with Gasteiger partial charge in [-0.2, -0.15) is 0 Å². The molecule has 1 atom stereocenters. The molecule has 0 aliphatic heterocycles. The number of aliphatic carboxylic acids is 1. The molecule has 0 spiro atoms. The van der Waals surface area contributed by atoms with Gasteiger partial charge in [0.15, 0.2) is 8.68 Å². The Balaban J connectivity index is 2.19. The smallest absolute Gasteiger partial charge is 0.321 e. The Kier molecular flexibility index (Phi) is 4.62. The van der Waals surface area contributed by atoms with Gasteiger partial charge in [-0.3, -0.25) is 4.79 Å². The first kappa shape index (κ1) is 13.4. The third-order valence-corrected chi connectivity index (χ3v) is 5.33. The molecule has 2 aromatic rings. The van der Waals surface area contributed by atoms with Crippen LogP contribution >= 0.6 is 34.9 Å². The van der Waals surface area contributed by atoms with Crippen molar-refractivity contribution in [2.45, 2.75) is 13.9 Å². The summed E-state index contributed by atoms with van der Waals surface area (Å²) >= 11 is 4.14. The number of hydrogen-bond donors (Lipinski definition) is 1. The van der Waals surface area contributed by atoms with Crippen molar-refractivity contribution in [2.24, 2.45) is 0 Å². The molecule has 0 saturated carbocycles. The van der Waals surface area contributed by atoms with Crippen molar-refractivity contribution in [1.82, 2.24) is 10.2 Å². The van der Waals surface area contributed by atoms with Crippen LogP contribution in [0.25, 0.3) is 0 Å². The maximum atomic E-state index is 11.3. The highest BCUT2D eigenvalue weighted by Crippen LogP contribution is 2.38. The second kappa shape index (κ2) is 6.21. The average Bonchev–Trinajstić information content (AvgIpc) is 2.84. The second-order valence-electron chi connectivity index (χ2n) is 3.28. The molecule has 2 rings (SSSR count). The summed E-state index contributed by atoms with van der Waals surface area (Å²) in [6.45, 7) is 0. The lowest BCUT2D eigenvalue weighted by Gasteiger charge is -2.09.